The van der Waals surface area contributed by atoms with Crippen LogP contribution in [0.15, 0.2) is 30.5 Å². The summed E-state index contributed by atoms with van der Waals surface area (Å²) in [5.41, 5.74) is 1.84. The van der Waals surface area contributed by atoms with E-state index in [0.717, 1.165) is 32.8 Å². The zero-order valence-corrected chi connectivity index (χ0v) is 15.3. The molecule has 1 aliphatic rings. The van der Waals surface area contributed by atoms with Crippen LogP contribution in [0.2, 0.25) is 0 Å². The van der Waals surface area contributed by atoms with Gasteiger partial charge in [0.05, 0.1) is 11.8 Å². The van der Waals surface area contributed by atoms with Crippen LogP contribution >= 0.6 is 11.5 Å². The van der Waals surface area contributed by atoms with Gasteiger partial charge in [0.15, 0.2) is 0 Å². The summed E-state index contributed by atoms with van der Waals surface area (Å²) in [7, 11) is 0. The number of hydrogen-bond donors (Lipinski definition) is 2. The molecular formula is C19H17N5OS. The second-order valence-electron chi connectivity index (χ2n) is 6.66. The lowest BCUT2D eigenvalue weighted by molar-refractivity contribution is -0.119. The standard InChI is InChI=1S/C19H17N5OS/c1-11-9-21-17(23-16-7-12(2)24-26-16)14-4-3-13(8-15(11)14)22-18(25)19(10-20)5-6-19/h3-4,7-9H,5-6H2,1-2H3,(H,21,23)(H,22,25). The average molecular weight is 363 g/mol. The number of nitrogens with zero attached hydrogens (tertiary/aromatic N) is 3. The van der Waals surface area contributed by atoms with Gasteiger partial charge in [-0.1, -0.05) is 0 Å². The van der Waals surface area contributed by atoms with E-state index in [9.17, 15) is 4.79 Å². The third-order valence-electron chi connectivity index (χ3n) is 4.61. The molecule has 1 aromatic carbocycles. The number of rotatable bonds is 4. The molecule has 2 N–H and O–H groups in total. The number of amides is 1. The Labute approximate surface area is 155 Å². The Kier molecular flexibility index (Phi) is 3.85. The van der Waals surface area contributed by atoms with Gasteiger partial charge < -0.3 is 10.6 Å². The maximum Gasteiger partial charge on any atom is 0.244 e. The van der Waals surface area contributed by atoms with Gasteiger partial charge >= 0.3 is 0 Å². The SMILES string of the molecule is Cc1cc(Nc2ncc(C)c3cc(NC(=O)C4(C#N)CC4)ccc23)sn1. The van der Waals surface area contributed by atoms with E-state index in [4.69, 9.17) is 5.26 Å². The smallest absolute Gasteiger partial charge is 0.244 e. The second kappa shape index (κ2) is 6.07. The lowest BCUT2D eigenvalue weighted by Crippen LogP contribution is -2.22. The topological polar surface area (TPSA) is 90.7 Å². The van der Waals surface area contributed by atoms with Crippen LogP contribution in [0.25, 0.3) is 10.8 Å². The zero-order chi connectivity index (χ0) is 18.3. The van der Waals surface area contributed by atoms with Crippen molar-refractivity contribution in [3.8, 4) is 6.07 Å². The molecule has 0 aliphatic heterocycles. The van der Waals surface area contributed by atoms with Gasteiger partial charge in [-0.15, -0.1) is 0 Å². The monoisotopic (exact) mass is 363 g/mol. The first kappa shape index (κ1) is 16.5. The van der Waals surface area contributed by atoms with Crippen molar-refractivity contribution in [3.63, 3.8) is 0 Å². The summed E-state index contributed by atoms with van der Waals surface area (Å²) >= 11 is 1.39. The molecule has 3 aromatic rings. The van der Waals surface area contributed by atoms with Crippen LogP contribution in [-0.2, 0) is 4.79 Å². The first-order valence-electron chi connectivity index (χ1n) is 8.33. The Bertz CT molecular complexity index is 1060. The third-order valence-corrected chi connectivity index (χ3v) is 5.41. The van der Waals surface area contributed by atoms with E-state index >= 15 is 0 Å². The number of aromatic nitrogens is 2. The Morgan fingerprint density at radius 1 is 1.27 bits per heavy atom. The molecule has 1 aliphatic carbocycles. The van der Waals surface area contributed by atoms with Crippen molar-refractivity contribution in [3.05, 3.63) is 41.7 Å². The van der Waals surface area contributed by atoms with Crippen molar-refractivity contribution in [1.82, 2.24) is 9.36 Å². The molecule has 1 saturated carbocycles. The predicted octanol–water partition coefficient (Wildman–Crippen LogP) is 4.29. The quantitative estimate of drug-likeness (QED) is 0.721. The molecule has 1 fully saturated rings. The molecule has 0 radical (unpaired) electrons. The molecule has 6 nitrogen and oxygen atoms in total. The molecule has 0 atom stereocenters. The normalized spacial score (nSPS) is 14.7. The number of hydrogen-bond acceptors (Lipinski definition) is 6. The van der Waals surface area contributed by atoms with Crippen LogP contribution in [0, 0.1) is 30.6 Å². The highest BCUT2D eigenvalue weighted by atomic mass is 32.1. The minimum Gasteiger partial charge on any atom is -0.330 e. The molecule has 0 spiro atoms. The lowest BCUT2D eigenvalue weighted by Gasteiger charge is -2.12. The van der Waals surface area contributed by atoms with Gasteiger partial charge in [0.2, 0.25) is 5.91 Å². The largest absolute Gasteiger partial charge is 0.330 e. The van der Waals surface area contributed by atoms with Crippen molar-refractivity contribution in [2.24, 2.45) is 5.41 Å². The predicted molar refractivity (Wildman–Crippen MR) is 103 cm³/mol. The van der Waals surface area contributed by atoms with Gasteiger partial charge in [0.25, 0.3) is 0 Å². The second-order valence-corrected chi connectivity index (χ2v) is 7.46. The van der Waals surface area contributed by atoms with Crippen molar-refractivity contribution >= 4 is 44.7 Å². The van der Waals surface area contributed by atoms with E-state index in [1.54, 1.807) is 0 Å². The maximum atomic E-state index is 12.3. The molecule has 2 heterocycles. The molecule has 2 aromatic heterocycles. The summed E-state index contributed by atoms with van der Waals surface area (Å²) in [6, 6.07) is 9.81. The van der Waals surface area contributed by atoms with Crippen LogP contribution < -0.4 is 10.6 Å². The van der Waals surface area contributed by atoms with Gasteiger partial charge in [0, 0.05) is 17.3 Å². The molecule has 26 heavy (non-hydrogen) atoms. The van der Waals surface area contributed by atoms with Gasteiger partial charge in [-0.3, -0.25) is 4.79 Å². The first-order valence-corrected chi connectivity index (χ1v) is 9.10. The molecule has 130 valence electrons. The number of nitrogens with one attached hydrogen (secondary N) is 2. The lowest BCUT2D eigenvalue weighted by atomic mass is 10.1. The van der Waals surface area contributed by atoms with Gasteiger partial charge in [-0.25, -0.2) is 4.98 Å². The van der Waals surface area contributed by atoms with Gasteiger partial charge in [-0.2, -0.15) is 9.64 Å². The number of aryl methyl sites for hydroxylation is 2. The average Bonchev–Trinajstić information content (AvgIpc) is 3.34. The molecule has 7 heteroatoms. The van der Waals surface area contributed by atoms with Crippen LogP contribution in [0.1, 0.15) is 24.1 Å². The summed E-state index contributed by atoms with van der Waals surface area (Å²) < 4.78 is 4.27. The first-order chi connectivity index (χ1) is 12.5. The number of benzene rings is 1. The number of nitriles is 1. The van der Waals surface area contributed by atoms with Crippen LogP contribution in [-0.4, -0.2) is 15.3 Å². The highest BCUT2D eigenvalue weighted by Crippen LogP contribution is 2.45. The number of pyridine rings is 1. The highest BCUT2D eigenvalue weighted by Gasteiger charge is 2.50. The van der Waals surface area contributed by atoms with Crippen LogP contribution in [0.3, 0.4) is 0 Å². The minimum atomic E-state index is -0.834. The Morgan fingerprint density at radius 3 is 2.73 bits per heavy atom. The minimum absolute atomic E-state index is 0.218. The fourth-order valence-corrected chi connectivity index (χ4v) is 3.52. The number of carbonyl (C=O) groups is 1. The van der Waals surface area contributed by atoms with E-state index in [-0.39, 0.29) is 5.91 Å². The Morgan fingerprint density at radius 2 is 2.08 bits per heavy atom. The molecule has 4 rings (SSSR count). The number of fused-ring (bicyclic) bond motifs is 1. The summed E-state index contributed by atoms with van der Waals surface area (Å²) in [5, 5.41) is 18.3. The number of carbonyl (C=O) groups excluding carboxylic acids is 1. The van der Waals surface area contributed by atoms with Crippen molar-refractivity contribution in [1.29, 1.82) is 5.26 Å². The Hall–Kier alpha value is -2.98. The van der Waals surface area contributed by atoms with Crippen molar-refractivity contribution in [2.75, 3.05) is 10.6 Å². The summed E-state index contributed by atoms with van der Waals surface area (Å²) in [6.07, 6.45) is 3.07. The molecule has 0 saturated heterocycles. The summed E-state index contributed by atoms with van der Waals surface area (Å²) in [5.74, 6) is 0.535. The van der Waals surface area contributed by atoms with E-state index in [0.29, 0.717) is 18.5 Å². The van der Waals surface area contributed by atoms with Gasteiger partial charge in [0.1, 0.15) is 16.2 Å². The van der Waals surface area contributed by atoms with Gasteiger partial charge in [-0.05, 0) is 73.4 Å². The maximum absolute atomic E-state index is 12.3. The summed E-state index contributed by atoms with van der Waals surface area (Å²) in [6.45, 7) is 3.93. The molecule has 1 amide bonds. The highest BCUT2D eigenvalue weighted by molar-refractivity contribution is 7.10. The van der Waals surface area contributed by atoms with E-state index in [2.05, 4.69) is 26.1 Å². The molecule has 0 bridgehead atoms. The van der Waals surface area contributed by atoms with Crippen molar-refractivity contribution < 1.29 is 4.79 Å². The zero-order valence-electron chi connectivity index (χ0n) is 14.5. The fraction of sp³-hybridized carbons (Fsp3) is 0.263. The van der Waals surface area contributed by atoms with E-state index in [1.165, 1.54) is 11.5 Å². The Balaban J connectivity index is 1.66. The molecular weight excluding hydrogens is 346 g/mol. The van der Waals surface area contributed by atoms with Crippen LogP contribution in [0.5, 0.6) is 0 Å². The van der Waals surface area contributed by atoms with Crippen LogP contribution in [0.4, 0.5) is 16.5 Å². The third kappa shape index (κ3) is 2.89. The van der Waals surface area contributed by atoms with E-state index in [1.807, 2.05) is 44.3 Å². The fourth-order valence-electron chi connectivity index (χ4n) is 2.86. The van der Waals surface area contributed by atoms with Crippen molar-refractivity contribution in [2.45, 2.75) is 26.7 Å². The molecule has 0 unspecified atom stereocenters. The van der Waals surface area contributed by atoms with E-state index < -0.39 is 5.41 Å². The summed E-state index contributed by atoms with van der Waals surface area (Å²) in [4.78, 5) is 16.8. The number of anilines is 3.